The molecule has 0 heterocycles. The van der Waals surface area contributed by atoms with Gasteiger partial charge in [-0.25, -0.2) is 0 Å². The topological polar surface area (TPSA) is 49.8 Å². The van der Waals surface area contributed by atoms with Crippen LogP contribution in [0.25, 0.3) is 0 Å². The molecule has 4 nitrogen and oxygen atoms in total. The first-order valence-electron chi connectivity index (χ1n) is 4.45. The van der Waals surface area contributed by atoms with Crippen molar-refractivity contribution in [2.45, 2.75) is 13.3 Å². The van der Waals surface area contributed by atoms with Crippen LogP contribution in [0.4, 0.5) is 0 Å². The van der Waals surface area contributed by atoms with E-state index in [2.05, 4.69) is 4.90 Å². The van der Waals surface area contributed by atoms with Gasteiger partial charge in [-0.05, 0) is 13.0 Å². The van der Waals surface area contributed by atoms with Crippen molar-refractivity contribution in [2.75, 3.05) is 33.9 Å². The van der Waals surface area contributed by atoms with Gasteiger partial charge in [-0.3, -0.25) is 4.79 Å². The van der Waals surface area contributed by atoms with Gasteiger partial charge in [0.1, 0.15) is 0 Å². The first-order valence-corrected chi connectivity index (χ1v) is 4.45. The van der Waals surface area contributed by atoms with E-state index in [4.69, 9.17) is 9.84 Å². The molecular formula is C9H19NO3. The molecule has 0 aromatic rings. The lowest BCUT2D eigenvalue weighted by Gasteiger charge is -2.19. The maximum absolute atomic E-state index is 10.4. The third-order valence-corrected chi connectivity index (χ3v) is 1.82. The second kappa shape index (κ2) is 6.86. The number of methoxy groups -OCH3 is 1. The van der Waals surface area contributed by atoms with Crippen LogP contribution >= 0.6 is 0 Å². The Hall–Kier alpha value is -0.610. The average Bonchev–Trinajstić information content (AvgIpc) is 1.98. The summed E-state index contributed by atoms with van der Waals surface area (Å²) >= 11 is 0. The van der Waals surface area contributed by atoms with Crippen molar-refractivity contribution in [1.29, 1.82) is 0 Å². The molecule has 0 spiro atoms. The quantitative estimate of drug-likeness (QED) is 0.639. The molecular weight excluding hydrogens is 170 g/mol. The molecule has 0 aromatic carbocycles. The van der Waals surface area contributed by atoms with E-state index in [9.17, 15) is 4.79 Å². The lowest BCUT2D eigenvalue weighted by molar-refractivity contribution is -0.138. The minimum atomic E-state index is -0.729. The van der Waals surface area contributed by atoms with Crippen LogP contribution < -0.4 is 0 Å². The Labute approximate surface area is 79.5 Å². The van der Waals surface area contributed by atoms with Crippen LogP contribution in [0, 0.1) is 5.92 Å². The highest BCUT2D eigenvalue weighted by Gasteiger charge is 2.09. The Balaban J connectivity index is 3.52. The molecule has 0 aliphatic carbocycles. The fourth-order valence-electron chi connectivity index (χ4n) is 1.23. The van der Waals surface area contributed by atoms with E-state index in [1.165, 1.54) is 0 Å². The first kappa shape index (κ1) is 12.4. The van der Waals surface area contributed by atoms with Crippen molar-refractivity contribution in [1.82, 2.24) is 4.90 Å². The maximum atomic E-state index is 10.4. The van der Waals surface area contributed by atoms with E-state index >= 15 is 0 Å². The smallest absolute Gasteiger partial charge is 0.303 e. The highest BCUT2D eigenvalue weighted by Crippen LogP contribution is 2.03. The van der Waals surface area contributed by atoms with E-state index in [-0.39, 0.29) is 12.3 Å². The fraction of sp³-hybridized carbons (Fsp3) is 0.889. The zero-order valence-electron chi connectivity index (χ0n) is 8.62. The van der Waals surface area contributed by atoms with Gasteiger partial charge in [0.2, 0.25) is 0 Å². The van der Waals surface area contributed by atoms with Crippen LogP contribution in [-0.4, -0.2) is 49.8 Å². The molecule has 0 amide bonds. The number of nitrogens with zero attached hydrogens (tertiary/aromatic N) is 1. The highest BCUT2D eigenvalue weighted by molar-refractivity contribution is 5.66. The van der Waals surface area contributed by atoms with Gasteiger partial charge in [0.05, 0.1) is 6.61 Å². The van der Waals surface area contributed by atoms with E-state index in [0.717, 1.165) is 13.1 Å². The molecule has 1 N–H and O–H groups in total. The number of hydrogen-bond acceptors (Lipinski definition) is 3. The van der Waals surface area contributed by atoms with Crippen molar-refractivity contribution < 1.29 is 14.6 Å². The Kier molecular flexibility index (Phi) is 6.54. The monoisotopic (exact) mass is 189 g/mol. The largest absolute Gasteiger partial charge is 0.481 e. The molecule has 0 bridgehead atoms. The van der Waals surface area contributed by atoms with Gasteiger partial charge in [-0.15, -0.1) is 0 Å². The summed E-state index contributed by atoms with van der Waals surface area (Å²) in [5.74, 6) is -0.535. The second-order valence-corrected chi connectivity index (χ2v) is 3.46. The minimum absolute atomic E-state index is 0.194. The molecule has 0 saturated heterocycles. The summed E-state index contributed by atoms with van der Waals surface area (Å²) < 4.78 is 4.92. The molecule has 0 rings (SSSR count). The summed E-state index contributed by atoms with van der Waals surface area (Å²) in [7, 11) is 3.63. The van der Waals surface area contributed by atoms with E-state index in [1.807, 2.05) is 14.0 Å². The number of hydrogen-bond donors (Lipinski definition) is 1. The van der Waals surface area contributed by atoms with Crippen LogP contribution in [0.5, 0.6) is 0 Å². The predicted octanol–water partition coefficient (Wildman–Crippen LogP) is 0.675. The molecule has 0 saturated carbocycles. The zero-order valence-corrected chi connectivity index (χ0v) is 8.62. The molecule has 0 radical (unpaired) electrons. The van der Waals surface area contributed by atoms with Crippen LogP contribution in [0.1, 0.15) is 13.3 Å². The molecule has 78 valence electrons. The van der Waals surface area contributed by atoms with Gasteiger partial charge in [0.15, 0.2) is 0 Å². The predicted molar refractivity (Wildman–Crippen MR) is 50.8 cm³/mol. The van der Waals surface area contributed by atoms with Crippen molar-refractivity contribution in [2.24, 2.45) is 5.92 Å². The molecule has 4 heteroatoms. The molecule has 0 unspecified atom stereocenters. The summed E-state index contributed by atoms with van der Waals surface area (Å²) in [6.07, 6.45) is 0.233. The lowest BCUT2D eigenvalue weighted by atomic mass is 10.1. The van der Waals surface area contributed by atoms with E-state index in [1.54, 1.807) is 7.11 Å². The first-order chi connectivity index (χ1) is 6.06. The molecule has 13 heavy (non-hydrogen) atoms. The SMILES string of the molecule is COCCN(C)C[C@@H](C)CC(=O)O. The Bertz CT molecular complexity index is 150. The van der Waals surface area contributed by atoms with Gasteiger partial charge in [0, 0.05) is 26.6 Å². The molecule has 0 aliphatic rings. The highest BCUT2D eigenvalue weighted by atomic mass is 16.5. The Morgan fingerprint density at radius 2 is 2.23 bits per heavy atom. The number of ether oxygens (including phenoxy) is 1. The summed E-state index contributed by atoms with van der Waals surface area (Å²) in [5.41, 5.74) is 0. The molecule has 0 fully saturated rings. The molecule has 0 aliphatic heterocycles. The molecule has 0 aromatic heterocycles. The second-order valence-electron chi connectivity index (χ2n) is 3.46. The number of aliphatic carboxylic acids is 1. The fourth-order valence-corrected chi connectivity index (χ4v) is 1.23. The number of carboxylic acid groups (broad SMARTS) is 1. The minimum Gasteiger partial charge on any atom is -0.481 e. The molecule has 1 atom stereocenters. The third-order valence-electron chi connectivity index (χ3n) is 1.82. The number of carboxylic acids is 1. The standard InChI is InChI=1S/C9H19NO3/c1-8(6-9(11)12)7-10(2)4-5-13-3/h8H,4-7H2,1-3H3,(H,11,12)/t8-/m0/s1. The third kappa shape index (κ3) is 7.74. The van der Waals surface area contributed by atoms with Gasteiger partial charge in [-0.1, -0.05) is 6.92 Å². The summed E-state index contributed by atoms with van der Waals surface area (Å²) in [6, 6.07) is 0. The average molecular weight is 189 g/mol. The van der Waals surface area contributed by atoms with Crippen molar-refractivity contribution in [3.8, 4) is 0 Å². The van der Waals surface area contributed by atoms with Gasteiger partial charge < -0.3 is 14.7 Å². The van der Waals surface area contributed by atoms with Gasteiger partial charge in [-0.2, -0.15) is 0 Å². The Morgan fingerprint density at radius 1 is 1.62 bits per heavy atom. The van der Waals surface area contributed by atoms with Crippen LogP contribution in [0.15, 0.2) is 0 Å². The van der Waals surface area contributed by atoms with Gasteiger partial charge >= 0.3 is 5.97 Å². The van der Waals surface area contributed by atoms with Crippen LogP contribution in [-0.2, 0) is 9.53 Å². The number of rotatable bonds is 7. The van der Waals surface area contributed by atoms with E-state index in [0.29, 0.717) is 6.61 Å². The summed E-state index contributed by atoms with van der Waals surface area (Å²) in [5, 5.41) is 8.53. The Morgan fingerprint density at radius 3 is 2.69 bits per heavy atom. The maximum Gasteiger partial charge on any atom is 0.303 e. The van der Waals surface area contributed by atoms with Crippen molar-refractivity contribution >= 4 is 5.97 Å². The van der Waals surface area contributed by atoms with Gasteiger partial charge in [0.25, 0.3) is 0 Å². The lowest BCUT2D eigenvalue weighted by Crippen LogP contribution is -2.28. The van der Waals surface area contributed by atoms with Crippen LogP contribution in [0.2, 0.25) is 0 Å². The summed E-state index contributed by atoms with van der Waals surface area (Å²) in [6.45, 7) is 4.28. The van der Waals surface area contributed by atoms with Crippen molar-refractivity contribution in [3.05, 3.63) is 0 Å². The number of carbonyl (C=O) groups is 1. The zero-order chi connectivity index (χ0) is 10.3. The normalized spacial score (nSPS) is 13.2. The van der Waals surface area contributed by atoms with Crippen LogP contribution in [0.3, 0.4) is 0 Å². The van der Waals surface area contributed by atoms with Crippen molar-refractivity contribution in [3.63, 3.8) is 0 Å². The summed E-state index contributed by atoms with van der Waals surface area (Å²) in [4.78, 5) is 12.4. The number of likely N-dealkylation sites (N-methyl/N-ethyl adjacent to an activating group) is 1. The van der Waals surface area contributed by atoms with E-state index < -0.39 is 5.97 Å².